The van der Waals surface area contributed by atoms with Gasteiger partial charge in [0.15, 0.2) is 0 Å². The molecule has 4 atom stereocenters. The van der Waals surface area contributed by atoms with E-state index in [9.17, 15) is 5.11 Å². The minimum absolute atomic E-state index is 0.224. The summed E-state index contributed by atoms with van der Waals surface area (Å²) < 4.78 is 40.2. The van der Waals surface area contributed by atoms with Crippen LogP contribution in [-0.4, -0.2) is 95.6 Å². The molecule has 2 aromatic carbocycles. The van der Waals surface area contributed by atoms with Gasteiger partial charge >= 0.3 is 0 Å². The van der Waals surface area contributed by atoms with Crippen LogP contribution in [0, 0.1) is 0 Å². The minimum atomic E-state index is -0.664. The molecule has 0 radical (unpaired) electrons. The van der Waals surface area contributed by atoms with E-state index in [4.69, 9.17) is 33.2 Å². The maximum atomic E-state index is 10.9. The van der Waals surface area contributed by atoms with E-state index in [0.29, 0.717) is 78.9 Å². The van der Waals surface area contributed by atoms with E-state index in [-0.39, 0.29) is 12.2 Å². The van der Waals surface area contributed by atoms with Crippen molar-refractivity contribution < 1.29 is 38.3 Å². The van der Waals surface area contributed by atoms with Gasteiger partial charge in [-0.3, -0.25) is 0 Å². The first kappa shape index (κ1) is 28.8. The molecular formula is C28H42O8. The van der Waals surface area contributed by atoms with E-state index < -0.39 is 12.2 Å². The van der Waals surface area contributed by atoms with E-state index in [2.05, 4.69) is 12.1 Å². The van der Waals surface area contributed by atoms with Crippen LogP contribution in [0.4, 0.5) is 0 Å². The van der Waals surface area contributed by atoms with Crippen LogP contribution in [0.25, 0.3) is 10.8 Å². The number of aliphatic hydroxyl groups is 1. The van der Waals surface area contributed by atoms with Gasteiger partial charge in [0.05, 0.1) is 71.2 Å². The zero-order chi connectivity index (χ0) is 25.4. The number of hydrogen-bond acceptors (Lipinski definition) is 8. The molecule has 2 aromatic rings. The topological polar surface area (TPSA) is 84.8 Å². The van der Waals surface area contributed by atoms with Gasteiger partial charge in [-0.1, -0.05) is 30.3 Å². The van der Waals surface area contributed by atoms with Crippen molar-refractivity contribution in [3.05, 3.63) is 42.5 Å². The SMILES string of the molecule is CCOCCOCCOC1CC(O)C(Oc2ccc3ccccc3c2)CC1OCCOCCOCC. The first-order chi connectivity index (χ1) is 17.7. The quantitative estimate of drug-likeness (QED) is 0.307. The second-order valence-electron chi connectivity index (χ2n) is 8.64. The van der Waals surface area contributed by atoms with Gasteiger partial charge in [-0.25, -0.2) is 0 Å². The molecule has 8 heteroatoms. The number of ether oxygens (including phenoxy) is 7. The average molecular weight is 507 g/mol. The zero-order valence-electron chi connectivity index (χ0n) is 21.6. The largest absolute Gasteiger partial charge is 0.488 e. The van der Waals surface area contributed by atoms with E-state index in [1.54, 1.807) is 0 Å². The van der Waals surface area contributed by atoms with E-state index in [1.807, 2.05) is 44.2 Å². The van der Waals surface area contributed by atoms with Crippen LogP contribution in [-0.2, 0) is 28.4 Å². The molecule has 8 nitrogen and oxygen atoms in total. The molecule has 1 fully saturated rings. The van der Waals surface area contributed by atoms with Crippen molar-refractivity contribution in [1.29, 1.82) is 0 Å². The Hall–Kier alpha value is -1.78. The second-order valence-corrected chi connectivity index (χ2v) is 8.64. The average Bonchev–Trinajstić information content (AvgIpc) is 2.89. The number of fused-ring (bicyclic) bond motifs is 1. The fourth-order valence-corrected chi connectivity index (χ4v) is 4.22. The summed E-state index contributed by atoms with van der Waals surface area (Å²) in [7, 11) is 0. The van der Waals surface area contributed by atoms with Crippen LogP contribution in [0.5, 0.6) is 5.75 Å². The van der Waals surface area contributed by atoms with Gasteiger partial charge in [-0.05, 0) is 36.8 Å². The molecule has 4 unspecified atom stereocenters. The summed E-state index contributed by atoms with van der Waals surface area (Å²) in [5.41, 5.74) is 0. The predicted molar refractivity (Wildman–Crippen MR) is 138 cm³/mol. The van der Waals surface area contributed by atoms with Crippen LogP contribution < -0.4 is 4.74 Å². The highest BCUT2D eigenvalue weighted by Crippen LogP contribution is 2.30. The second kappa shape index (κ2) is 16.9. The Balaban J connectivity index is 1.52. The maximum Gasteiger partial charge on any atom is 0.127 e. The molecule has 0 bridgehead atoms. The monoisotopic (exact) mass is 506 g/mol. The smallest absolute Gasteiger partial charge is 0.127 e. The molecule has 3 rings (SSSR count). The summed E-state index contributed by atoms with van der Waals surface area (Å²) in [5, 5.41) is 13.1. The van der Waals surface area contributed by atoms with Gasteiger partial charge in [0.25, 0.3) is 0 Å². The number of rotatable bonds is 18. The molecular weight excluding hydrogens is 464 g/mol. The van der Waals surface area contributed by atoms with Crippen molar-refractivity contribution in [1.82, 2.24) is 0 Å². The fraction of sp³-hybridized carbons (Fsp3) is 0.643. The van der Waals surface area contributed by atoms with Crippen LogP contribution in [0.3, 0.4) is 0 Å². The Kier molecular flexibility index (Phi) is 13.5. The molecule has 0 heterocycles. The first-order valence-electron chi connectivity index (χ1n) is 13.1. The normalized spacial score (nSPS) is 22.2. The van der Waals surface area contributed by atoms with Crippen molar-refractivity contribution in [2.45, 2.75) is 51.1 Å². The summed E-state index contributed by atoms with van der Waals surface area (Å²) in [6.45, 7) is 9.26. The molecule has 0 amide bonds. The molecule has 0 saturated heterocycles. The summed E-state index contributed by atoms with van der Waals surface area (Å²) in [6.07, 6.45) is -0.594. The lowest BCUT2D eigenvalue weighted by Crippen LogP contribution is -2.50. The third-order valence-corrected chi connectivity index (χ3v) is 6.06. The van der Waals surface area contributed by atoms with Gasteiger partial charge in [-0.15, -0.1) is 0 Å². The van der Waals surface area contributed by atoms with Gasteiger partial charge in [0, 0.05) is 26.1 Å². The summed E-state index contributed by atoms with van der Waals surface area (Å²) >= 11 is 0. The molecule has 202 valence electrons. The first-order valence-corrected chi connectivity index (χ1v) is 13.1. The Labute approximate surface area is 214 Å². The van der Waals surface area contributed by atoms with Gasteiger partial charge < -0.3 is 38.3 Å². The van der Waals surface area contributed by atoms with E-state index >= 15 is 0 Å². The Morgan fingerprint density at radius 2 is 1.19 bits per heavy atom. The van der Waals surface area contributed by atoms with Crippen LogP contribution in [0.2, 0.25) is 0 Å². The van der Waals surface area contributed by atoms with Crippen molar-refractivity contribution in [2.75, 3.05) is 66.1 Å². The predicted octanol–water partition coefficient (Wildman–Crippen LogP) is 3.62. The number of hydrogen-bond donors (Lipinski definition) is 1. The van der Waals surface area contributed by atoms with Gasteiger partial charge in [0.2, 0.25) is 0 Å². The Morgan fingerprint density at radius 1 is 0.639 bits per heavy atom. The van der Waals surface area contributed by atoms with Crippen molar-refractivity contribution in [2.24, 2.45) is 0 Å². The lowest BCUT2D eigenvalue weighted by Gasteiger charge is -2.39. The Morgan fingerprint density at radius 3 is 1.83 bits per heavy atom. The lowest BCUT2D eigenvalue weighted by molar-refractivity contribution is -0.153. The highest BCUT2D eigenvalue weighted by Gasteiger charge is 2.39. The van der Waals surface area contributed by atoms with Crippen LogP contribution >= 0.6 is 0 Å². The van der Waals surface area contributed by atoms with Gasteiger partial charge in [0.1, 0.15) is 11.9 Å². The maximum absolute atomic E-state index is 10.9. The molecule has 0 spiro atoms. The number of aliphatic hydroxyl groups excluding tert-OH is 1. The molecule has 1 N–H and O–H groups in total. The summed E-state index contributed by atoms with van der Waals surface area (Å²) in [6, 6.07) is 14.1. The summed E-state index contributed by atoms with van der Waals surface area (Å²) in [5.74, 6) is 0.734. The fourth-order valence-electron chi connectivity index (χ4n) is 4.22. The minimum Gasteiger partial charge on any atom is -0.488 e. The highest BCUT2D eigenvalue weighted by molar-refractivity contribution is 5.83. The van der Waals surface area contributed by atoms with E-state index in [1.165, 1.54) is 0 Å². The van der Waals surface area contributed by atoms with E-state index in [0.717, 1.165) is 16.5 Å². The standard InChI is InChI=1S/C28H42O8/c1-3-30-11-13-32-15-17-34-27-20-25(29)26(21-28(27)35-18-16-33-14-12-31-4-2)36-24-10-9-22-7-5-6-8-23(22)19-24/h5-10,19,25-29H,3-4,11-18,20-21H2,1-2H3. The molecule has 36 heavy (non-hydrogen) atoms. The van der Waals surface area contributed by atoms with Crippen molar-refractivity contribution in [3.63, 3.8) is 0 Å². The molecule has 1 aliphatic rings. The highest BCUT2D eigenvalue weighted by atomic mass is 16.6. The van der Waals surface area contributed by atoms with Crippen LogP contribution in [0.15, 0.2) is 42.5 Å². The molecule has 0 aromatic heterocycles. The third kappa shape index (κ3) is 9.94. The van der Waals surface area contributed by atoms with Crippen molar-refractivity contribution >= 4 is 10.8 Å². The zero-order valence-corrected chi connectivity index (χ0v) is 21.6. The van der Waals surface area contributed by atoms with Crippen molar-refractivity contribution in [3.8, 4) is 5.75 Å². The molecule has 1 aliphatic carbocycles. The molecule has 0 aliphatic heterocycles. The van der Waals surface area contributed by atoms with Gasteiger partial charge in [-0.2, -0.15) is 0 Å². The number of benzene rings is 2. The van der Waals surface area contributed by atoms with Crippen LogP contribution in [0.1, 0.15) is 26.7 Å². The third-order valence-electron chi connectivity index (χ3n) is 6.06. The molecule has 1 saturated carbocycles. The Bertz CT molecular complexity index is 847. The summed E-state index contributed by atoms with van der Waals surface area (Å²) in [4.78, 5) is 0. The lowest BCUT2D eigenvalue weighted by atomic mass is 9.89.